The van der Waals surface area contributed by atoms with Crippen LogP contribution in [-0.4, -0.2) is 20.7 Å². The summed E-state index contributed by atoms with van der Waals surface area (Å²) in [5.41, 5.74) is 0. The van der Waals surface area contributed by atoms with Gasteiger partial charge in [-0.2, -0.15) is 0 Å². The average molecular weight is 191 g/mol. The fourth-order valence-corrected chi connectivity index (χ4v) is 2.28. The van der Waals surface area contributed by atoms with E-state index in [1.54, 1.807) is 0 Å². The molecule has 0 aliphatic heterocycles. The number of nitrogens with one attached hydrogen (secondary N) is 1. The Kier molecular flexibility index (Phi) is 3.53. The molecule has 0 aromatic rings. The van der Waals surface area contributed by atoms with Crippen LogP contribution in [0.15, 0.2) is 0 Å². The maximum absolute atomic E-state index is 11.1. The lowest BCUT2D eigenvalue weighted by Crippen LogP contribution is -2.27. The van der Waals surface area contributed by atoms with Crippen molar-refractivity contribution in [2.75, 3.05) is 12.3 Å². The van der Waals surface area contributed by atoms with Crippen molar-refractivity contribution in [1.29, 1.82) is 0 Å². The van der Waals surface area contributed by atoms with Gasteiger partial charge < -0.3 is 0 Å². The van der Waals surface area contributed by atoms with Crippen molar-refractivity contribution in [3.63, 3.8) is 0 Å². The molecule has 1 fully saturated rings. The first-order valence-electron chi connectivity index (χ1n) is 4.61. The van der Waals surface area contributed by atoms with Crippen LogP contribution < -0.4 is 4.72 Å². The molecule has 1 N–H and O–H groups in total. The summed E-state index contributed by atoms with van der Waals surface area (Å²) in [6, 6.07) is 0. The van der Waals surface area contributed by atoms with Crippen molar-refractivity contribution in [2.45, 2.75) is 32.6 Å². The summed E-state index contributed by atoms with van der Waals surface area (Å²) in [7, 11) is -2.95. The van der Waals surface area contributed by atoms with Gasteiger partial charge in [0, 0.05) is 6.54 Å². The lowest BCUT2D eigenvalue weighted by Gasteiger charge is -2.03. The SMILES string of the molecule is CCCS(=O)(=O)NCCC1CC1. The average Bonchev–Trinajstić information content (AvgIpc) is 2.70. The molecule has 0 spiro atoms. The molecular weight excluding hydrogens is 174 g/mol. The monoisotopic (exact) mass is 191 g/mol. The Morgan fingerprint density at radius 1 is 1.42 bits per heavy atom. The third-order valence-corrected chi connectivity index (χ3v) is 3.63. The molecule has 1 aliphatic rings. The number of sulfonamides is 1. The first-order valence-corrected chi connectivity index (χ1v) is 6.26. The van der Waals surface area contributed by atoms with Crippen molar-refractivity contribution in [3.8, 4) is 0 Å². The molecule has 0 radical (unpaired) electrons. The third kappa shape index (κ3) is 4.07. The van der Waals surface area contributed by atoms with Crippen LogP contribution in [0.1, 0.15) is 32.6 Å². The zero-order valence-electron chi connectivity index (χ0n) is 7.54. The van der Waals surface area contributed by atoms with E-state index in [4.69, 9.17) is 0 Å². The quantitative estimate of drug-likeness (QED) is 0.683. The van der Waals surface area contributed by atoms with Crippen LogP contribution in [0.2, 0.25) is 0 Å². The van der Waals surface area contributed by atoms with Gasteiger partial charge in [0.25, 0.3) is 0 Å². The molecule has 0 bridgehead atoms. The second kappa shape index (κ2) is 4.23. The zero-order valence-corrected chi connectivity index (χ0v) is 8.36. The van der Waals surface area contributed by atoms with E-state index < -0.39 is 10.0 Å². The highest BCUT2D eigenvalue weighted by molar-refractivity contribution is 7.89. The van der Waals surface area contributed by atoms with Crippen molar-refractivity contribution in [3.05, 3.63) is 0 Å². The topological polar surface area (TPSA) is 46.2 Å². The summed E-state index contributed by atoms with van der Waals surface area (Å²) in [5.74, 6) is 1.06. The molecule has 0 saturated heterocycles. The van der Waals surface area contributed by atoms with E-state index in [2.05, 4.69) is 4.72 Å². The standard InChI is InChI=1S/C8H17NO2S/c1-2-7-12(10,11)9-6-5-8-3-4-8/h8-9H,2-7H2,1H3. The van der Waals surface area contributed by atoms with E-state index in [0.717, 1.165) is 12.3 Å². The van der Waals surface area contributed by atoms with Gasteiger partial charge in [-0.05, 0) is 18.8 Å². The first kappa shape index (κ1) is 9.99. The van der Waals surface area contributed by atoms with E-state index in [9.17, 15) is 8.42 Å². The van der Waals surface area contributed by atoms with Crippen molar-refractivity contribution in [2.24, 2.45) is 5.92 Å². The largest absolute Gasteiger partial charge is 0.215 e. The molecule has 0 aromatic heterocycles. The van der Waals surface area contributed by atoms with E-state index in [1.165, 1.54) is 12.8 Å². The van der Waals surface area contributed by atoms with Gasteiger partial charge >= 0.3 is 0 Å². The summed E-state index contributed by atoms with van der Waals surface area (Å²) in [6.07, 6.45) is 4.28. The number of rotatable bonds is 6. The molecule has 4 heteroatoms. The maximum atomic E-state index is 11.1. The van der Waals surface area contributed by atoms with Gasteiger partial charge in [0.05, 0.1) is 5.75 Å². The Bertz CT molecular complexity index is 219. The molecule has 0 heterocycles. The summed E-state index contributed by atoms with van der Waals surface area (Å²) in [5, 5.41) is 0. The fraction of sp³-hybridized carbons (Fsp3) is 1.00. The van der Waals surface area contributed by atoms with Gasteiger partial charge in [-0.3, -0.25) is 0 Å². The Morgan fingerprint density at radius 2 is 2.08 bits per heavy atom. The smallest absolute Gasteiger partial charge is 0.211 e. The van der Waals surface area contributed by atoms with Gasteiger partial charge in [-0.1, -0.05) is 19.8 Å². The van der Waals surface area contributed by atoms with E-state index in [-0.39, 0.29) is 5.75 Å². The predicted molar refractivity (Wildman–Crippen MR) is 49.4 cm³/mol. The van der Waals surface area contributed by atoms with E-state index in [0.29, 0.717) is 13.0 Å². The van der Waals surface area contributed by atoms with Gasteiger partial charge in [-0.15, -0.1) is 0 Å². The molecule has 0 amide bonds. The molecule has 0 atom stereocenters. The van der Waals surface area contributed by atoms with Crippen LogP contribution in [0.5, 0.6) is 0 Å². The summed E-state index contributed by atoms with van der Waals surface area (Å²) in [6.45, 7) is 2.51. The van der Waals surface area contributed by atoms with Gasteiger partial charge in [0.1, 0.15) is 0 Å². The number of hydrogen-bond donors (Lipinski definition) is 1. The zero-order chi connectivity index (χ0) is 9.03. The fourth-order valence-electron chi connectivity index (χ4n) is 1.17. The lowest BCUT2D eigenvalue weighted by atomic mass is 10.3. The van der Waals surface area contributed by atoms with Crippen molar-refractivity contribution in [1.82, 2.24) is 4.72 Å². The van der Waals surface area contributed by atoms with Crippen LogP contribution >= 0.6 is 0 Å². The minimum absolute atomic E-state index is 0.262. The summed E-state index contributed by atoms with van der Waals surface area (Å²) >= 11 is 0. The van der Waals surface area contributed by atoms with Crippen molar-refractivity contribution < 1.29 is 8.42 Å². The normalized spacial score (nSPS) is 18.1. The maximum Gasteiger partial charge on any atom is 0.211 e. The highest BCUT2D eigenvalue weighted by Crippen LogP contribution is 2.31. The third-order valence-electron chi connectivity index (χ3n) is 2.04. The molecule has 3 nitrogen and oxygen atoms in total. The molecule has 12 heavy (non-hydrogen) atoms. The molecule has 72 valence electrons. The lowest BCUT2D eigenvalue weighted by molar-refractivity contribution is 0.574. The minimum Gasteiger partial charge on any atom is -0.215 e. The Labute approximate surface area is 74.6 Å². The second-order valence-electron chi connectivity index (χ2n) is 3.45. The number of hydrogen-bond acceptors (Lipinski definition) is 2. The summed E-state index contributed by atoms with van der Waals surface area (Å²) in [4.78, 5) is 0. The van der Waals surface area contributed by atoms with Gasteiger partial charge in [0.2, 0.25) is 10.0 Å². The van der Waals surface area contributed by atoms with E-state index in [1.807, 2.05) is 6.92 Å². The molecular formula is C8H17NO2S. The van der Waals surface area contributed by atoms with Gasteiger partial charge in [0.15, 0.2) is 0 Å². The molecule has 1 aliphatic carbocycles. The summed E-state index contributed by atoms with van der Waals surface area (Å²) < 4.78 is 24.8. The molecule has 1 saturated carbocycles. The van der Waals surface area contributed by atoms with E-state index >= 15 is 0 Å². The van der Waals surface area contributed by atoms with Crippen LogP contribution in [0, 0.1) is 5.92 Å². The molecule has 0 unspecified atom stereocenters. The predicted octanol–water partition coefficient (Wildman–Crippen LogP) is 1.12. The minimum atomic E-state index is -2.95. The highest BCUT2D eigenvalue weighted by atomic mass is 32.2. The first-order chi connectivity index (χ1) is 5.64. The molecule has 0 aromatic carbocycles. The van der Waals surface area contributed by atoms with Crippen LogP contribution in [0.25, 0.3) is 0 Å². The highest BCUT2D eigenvalue weighted by Gasteiger charge is 2.21. The molecule has 1 rings (SSSR count). The Morgan fingerprint density at radius 3 is 2.58 bits per heavy atom. The van der Waals surface area contributed by atoms with Crippen molar-refractivity contribution >= 4 is 10.0 Å². The Balaban J connectivity index is 2.10. The Hall–Kier alpha value is -0.0900. The van der Waals surface area contributed by atoms with Crippen LogP contribution in [-0.2, 0) is 10.0 Å². The van der Waals surface area contributed by atoms with Crippen LogP contribution in [0.3, 0.4) is 0 Å². The van der Waals surface area contributed by atoms with Crippen LogP contribution in [0.4, 0.5) is 0 Å². The van der Waals surface area contributed by atoms with Gasteiger partial charge in [-0.25, -0.2) is 13.1 Å². The second-order valence-corrected chi connectivity index (χ2v) is 5.37.